The fraction of sp³-hybridized carbons (Fsp3) is 0.333. The molecule has 0 bridgehead atoms. The van der Waals surface area contributed by atoms with Crippen molar-refractivity contribution >= 4 is 23.1 Å². The number of hydrogen-bond acceptors (Lipinski definition) is 4. The summed E-state index contributed by atoms with van der Waals surface area (Å²) in [6.07, 6.45) is 1.07. The number of nitrogens with zero attached hydrogens (tertiary/aromatic N) is 1. The van der Waals surface area contributed by atoms with Crippen LogP contribution in [-0.4, -0.2) is 10.7 Å². The summed E-state index contributed by atoms with van der Waals surface area (Å²) >= 11 is 1.65. The van der Waals surface area contributed by atoms with Crippen LogP contribution in [0.15, 0.2) is 23.1 Å². The summed E-state index contributed by atoms with van der Waals surface area (Å²) in [6.45, 7) is 2.09. The van der Waals surface area contributed by atoms with Gasteiger partial charge in [-0.25, -0.2) is 0 Å². The van der Waals surface area contributed by atoms with E-state index in [2.05, 4.69) is 6.92 Å². The molecular weight excluding hydrogens is 200 g/mol. The Hall–Kier alpha value is -1.23. The van der Waals surface area contributed by atoms with Crippen LogP contribution < -0.4 is 5.73 Å². The van der Waals surface area contributed by atoms with Gasteiger partial charge in [0.2, 0.25) is 0 Å². The minimum atomic E-state index is -0.469. The maximum atomic E-state index is 10.5. The van der Waals surface area contributed by atoms with Gasteiger partial charge in [-0.05, 0) is 24.3 Å². The van der Waals surface area contributed by atoms with E-state index in [0.29, 0.717) is 0 Å². The van der Waals surface area contributed by atoms with Gasteiger partial charge in [0.1, 0.15) is 5.69 Å². The molecule has 5 heteroatoms. The molecule has 0 radical (unpaired) electrons. The van der Waals surface area contributed by atoms with Crippen LogP contribution in [-0.2, 0) is 0 Å². The number of nitrogen functional groups attached to an aromatic ring is 1. The molecule has 1 aromatic rings. The monoisotopic (exact) mass is 212 g/mol. The van der Waals surface area contributed by atoms with Crippen LogP contribution in [0.1, 0.15) is 13.3 Å². The third kappa shape index (κ3) is 2.63. The number of nitro groups is 1. The molecular formula is C9H12N2O2S. The van der Waals surface area contributed by atoms with Gasteiger partial charge >= 0.3 is 0 Å². The second kappa shape index (κ2) is 4.85. The molecule has 0 aliphatic rings. The Kier molecular flexibility index (Phi) is 3.76. The third-order valence-electron chi connectivity index (χ3n) is 1.67. The molecule has 76 valence electrons. The predicted octanol–water partition coefficient (Wildman–Crippen LogP) is 2.68. The van der Waals surface area contributed by atoms with E-state index in [-0.39, 0.29) is 11.4 Å². The van der Waals surface area contributed by atoms with Crippen LogP contribution in [0.3, 0.4) is 0 Å². The predicted molar refractivity (Wildman–Crippen MR) is 58.5 cm³/mol. The second-order valence-corrected chi connectivity index (χ2v) is 3.99. The van der Waals surface area contributed by atoms with Crippen molar-refractivity contribution in [2.45, 2.75) is 18.2 Å². The smallest absolute Gasteiger partial charge is 0.292 e. The van der Waals surface area contributed by atoms with Crippen LogP contribution in [0, 0.1) is 10.1 Å². The first-order valence-electron chi connectivity index (χ1n) is 4.32. The number of thioether (sulfide) groups is 1. The highest BCUT2D eigenvalue weighted by molar-refractivity contribution is 7.99. The second-order valence-electron chi connectivity index (χ2n) is 2.83. The number of hydrogen-bond donors (Lipinski definition) is 1. The lowest BCUT2D eigenvalue weighted by Crippen LogP contribution is -1.95. The van der Waals surface area contributed by atoms with Crippen LogP contribution in [0.5, 0.6) is 0 Å². The van der Waals surface area contributed by atoms with Gasteiger partial charge in [-0.3, -0.25) is 10.1 Å². The minimum Gasteiger partial charge on any atom is -0.393 e. The highest BCUT2D eigenvalue weighted by Gasteiger charge is 2.10. The molecule has 0 spiro atoms. The van der Waals surface area contributed by atoms with Gasteiger partial charge in [-0.15, -0.1) is 11.8 Å². The summed E-state index contributed by atoms with van der Waals surface area (Å²) in [5.74, 6) is 0.997. The Morgan fingerprint density at radius 1 is 1.57 bits per heavy atom. The Morgan fingerprint density at radius 2 is 2.29 bits per heavy atom. The van der Waals surface area contributed by atoms with Gasteiger partial charge in [-0.1, -0.05) is 6.92 Å². The van der Waals surface area contributed by atoms with Gasteiger partial charge in [0.15, 0.2) is 0 Å². The van der Waals surface area contributed by atoms with Crippen LogP contribution in [0.25, 0.3) is 0 Å². The molecule has 0 aliphatic heterocycles. The summed E-state index contributed by atoms with van der Waals surface area (Å²) in [5, 5.41) is 10.5. The lowest BCUT2D eigenvalue weighted by Gasteiger charge is -2.01. The van der Waals surface area contributed by atoms with E-state index in [1.54, 1.807) is 23.9 Å². The van der Waals surface area contributed by atoms with Crippen molar-refractivity contribution in [3.63, 3.8) is 0 Å². The normalized spacial score (nSPS) is 10.1. The van der Waals surface area contributed by atoms with Crippen molar-refractivity contribution in [1.82, 2.24) is 0 Å². The number of anilines is 1. The highest BCUT2D eigenvalue weighted by Crippen LogP contribution is 2.27. The first-order chi connectivity index (χ1) is 6.65. The fourth-order valence-corrected chi connectivity index (χ4v) is 1.82. The van der Waals surface area contributed by atoms with Crippen molar-refractivity contribution in [3.05, 3.63) is 28.3 Å². The minimum absolute atomic E-state index is 0.0224. The molecule has 0 saturated heterocycles. The first-order valence-corrected chi connectivity index (χ1v) is 5.30. The number of nitro benzene ring substituents is 1. The van der Waals surface area contributed by atoms with Gasteiger partial charge in [0.05, 0.1) is 4.92 Å². The molecule has 0 fully saturated rings. The van der Waals surface area contributed by atoms with E-state index in [4.69, 9.17) is 5.73 Å². The van der Waals surface area contributed by atoms with Crippen LogP contribution in [0.4, 0.5) is 11.4 Å². The van der Waals surface area contributed by atoms with Gasteiger partial charge in [-0.2, -0.15) is 0 Å². The summed E-state index contributed by atoms with van der Waals surface area (Å²) < 4.78 is 0. The molecule has 2 N–H and O–H groups in total. The highest BCUT2D eigenvalue weighted by atomic mass is 32.2. The van der Waals surface area contributed by atoms with Crippen molar-refractivity contribution in [3.8, 4) is 0 Å². The maximum Gasteiger partial charge on any atom is 0.292 e. The summed E-state index contributed by atoms with van der Waals surface area (Å²) in [6, 6.07) is 4.83. The molecule has 0 atom stereocenters. The van der Waals surface area contributed by atoms with Gasteiger partial charge in [0.25, 0.3) is 5.69 Å². The van der Waals surface area contributed by atoms with Crippen LogP contribution >= 0.6 is 11.8 Å². The standard InChI is InChI=1S/C9H12N2O2S/c1-2-5-14-7-3-4-9(11(12)13)8(10)6-7/h3-4,6H,2,5,10H2,1H3. The Balaban J connectivity index is 2.83. The lowest BCUT2D eigenvalue weighted by atomic mass is 10.3. The summed E-state index contributed by atoms with van der Waals surface area (Å²) in [4.78, 5) is 11.0. The zero-order valence-electron chi connectivity index (χ0n) is 7.90. The number of rotatable bonds is 4. The number of benzene rings is 1. The van der Waals surface area contributed by atoms with Crippen molar-refractivity contribution in [2.24, 2.45) is 0 Å². The maximum absolute atomic E-state index is 10.5. The van der Waals surface area contributed by atoms with E-state index in [1.807, 2.05) is 0 Å². The average molecular weight is 212 g/mol. The first kappa shape index (κ1) is 10.8. The molecule has 1 rings (SSSR count). The van der Waals surface area contributed by atoms with E-state index in [1.165, 1.54) is 6.07 Å². The molecule has 4 nitrogen and oxygen atoms in total. The molecule has 0 amide bonds. The Morgan fingerprint density at radius 3 is 2.79 bits per heavy atom. The van der Waals surface area contributed by atoms with E-state index in [0.717, 1.165) is 17.1 Å². The molecule has 0 aromatic heterocycles. The van der Waals surface area contributed by atoms with E-state index in [9.17, 15) is 10.1 Å². The summed E-state index contributed by atoms with van der Waals surface area (Å²) in [5.41, 5.74) is 5.75. The molecule has 0 saturated carbocycles. The zero-order chi connectivity index (χ0) is 10.6. The molecule has 14 heavy (non-hydrogen) atoms. The van der Waals surface area contributed by atoms with Crippen molar-refractivity contribution < 1.29 is 4.92 Å². The zero-order valence-corrected chi connectivity index (χ0v) is 8.71. The molecule has 0 unspecified atom stereocenters. The largest absolute Gasteiger partial charge is 0.393 e. The molecule has 1 aromatic carbocycles. The Bertz CT molecular complexity index is 342. The van der Waals surface area contributed by atoms with Crippen LogP contribution in [0.2, 0.25) is 0 Å². The van der Waals surface area contributed by atoms with Gasteiger partial charge in [0, 0.05) is 11.0 Å². The van der Waals surface area contributed by atoms with Crippen molar-refractivity contribution in [2.75, 3.05) is 11.5 Å². The molecule has 0 aliphatic carbocycles. The quantitative estimate of drug-likeness (QED) is 0.360. The topological polar surface area (TPSA) is 69.2 Å². The van der Waals surface area contributed by atoms with Gasteiger partial charge < -0.3 is 5.73 Å². The summed E-state index contributed by atoms with van der Waals surface area (Å²) in [7, 11) is 0. The van der Waals surface area contributed by atoms with E-state index >= 15 is 0 Å². The number of nitrogens with two attached hydrogens (primary N) is 1. The van der Waals surface area contributed by atoms with Crippen molar-refractivity contribution in [1.29, 1.82) is 0 Å². The molecule has 0 heterocycles. The SMILES string of the molecule is CCCSc1ccc([N+](=O)[O-])c(N)c1. The van der Waals surface area contributed by atoms with E-state index < -0.39 is 4.92 Å². The average Bonchev–Trinajstić information content (AvgIpc) is 2.14. The Labute approximate surface area is 86.6 Å². The fourth-order valence-electron chi connectivity index (χ4n) is 1.01. The lowest BCUT2D eigenvalue weighted by molar-refractivity contribution is -0.383. The third-order valence-corrected chi connectivity index (χ3v) is 2.87.